The molecule has 1 atom stereocenters. The molecule has 2 aliphatic rings. The highest BCUT2D eigenvalue weighted by Gasteiger charge is 2.52. The van der Waals surface area contributed by atoms with Gasteiger partial charge in [-0.05, 0) is 36.8 Å². The molecular formula is C19H15F3N2O2. The SMILES string of the molecule is Cc1cc2c(cc1C(F)(F)F)N=C1N(c3ccccc3)CC[C@@]1(O)C2=O. The van der Waals surface area contributed by atoms with E-state index < -0.39 is 23.1 Å². The number of para-hydroxylation sites is 1. The number of aliphatic hydroxyl groups is 1. The minimum Gasteiger partial charge on any atom is -0.374 e. The van der Waals surface area contributed by atoms with Crippen molar-refractivity contribution in [2.24, 2.45) is 4.99 Å². The van der Waals surface area contributed by atoms with E-state index in [1.54, 1.807) is 29.2 Å². The molecule has 0 radical (unpaired) electrons. The van der Waals surface area contributed by atoms with Gasteiger partial charge in [-0.1, -0.05) is 18.2 Å². The van der Waals surface area contributed by atoms with Crippen LogP contribution in [0.1, 0.15) is 27.9 Å². The monoisotopic (exact) mass is 360 g/mol. The first-order valence-electron chi connectivity index (χ1n) is 8.12. The van der Waals surface area contributed by atoms with Gasteiger partial charge in [-0.25, -0.2) is 4.99 Å². The summed E-state index contributed by atoms with van der Waals surface area (Å²) < 4.78 is 39.6. The van der Waals surface area contributed by atoms with Crippen LogP contribution in [-0.4, -0.2) is 28.9 Å². The predicted molar refractivity (Wildman–Crippen MR) is 91.0 cm³/mol. The molecule has 0 unspecified atom stereocenters. The highest BCUT2D eigenvalue weighted by Crippen LogP contribution is 2.42. The Labute approximate surface area is 147 Å². The van der Waals surface area contributed by atoms with Gasteiger partial charge in [-0.2, -0.15) is 13.2 Å². The summed E-state index contributed by atoms with van der Waals surface area (Å²) in [5.41, 5.74) is -2.02. The fourth-order valence-electron chi connectivity index (χ4n) is 3.55. The molecule has 1 N–H and O–H groups in total. The number of alkyl halides is 3. The van der Waals surface area contributed by atoms with Crippen molar-refractivity contribution < 1.29 is 23.1 Å². The molecule has 7 heteroatoms. The van der Waals surface area contributed by atoms with Crippen LogP contribution in [0.4, 0.5) is 24.5 Å². The second-order valence-electron chi connectivity index (χ2n) is 6.54. The third kappa shape index (κ3) is 2.34. The van der Waals surface area contributed by atoms with E-state index in [9.17, 15) is 23.1 Å². The van der Waals surface area contributed by atoms with Crippen LogP contribution in [0.5, 0.6) is 0 Å². The van der Waals surface area contributed by atoms with E-state index in [4.69, 9.17) is 0 Å². The zero-order chi connectivity index (χ0) is 18.7. The number of ketones is 1. The van der Waals surface area contributed by atoms with Crippen LogP contribution in [0, 0.1) is 6.92 Å². The highest BCUT2D eigenvalue weighted by molar-refractivity contribution is 6.28. The van der Waals surface area contributed by atoms with E-state index in [1.807, 2.05) is 6.07 Å². The molecule has 2 aromatic rings. The number of fused-ring (bicyclic) bond motifs is 2. The van der Waals surface area contributed by atoms with Gasteiger partial charge in [-0.15, -0.1) is 0 Å². The lowest BCUT2D eigenvalue weighted by molar-refractivity contribution is -0.138. The fourth-order valence-corrected chi connectivity index (χ4v) is 3.55. The molecule has 0 spiro atoms. The van der Waals surface area contributed by atoms with Crippen LogP contribution in [0.2, 0.25) is 0 Å². The number of rotatable bonds is 1. The molecule has 4 nitrogen and oxygen atoms in total. The average Bonchev–Trinajstić information content (AvgIpc) is 2.93. The van der Waals surface area contributed by atoms with Crippen molar-refractivity contribution in [1.82, 2.24) is 0 Å². The van der Waals surface area contributed by atoms with Crippen LogP contribution in [0.15, 0.2) is 47.5 Å². The minimum atomic E-state index is -4.54. The van der Waals surface area contributed by atoms with Gasteiger partial charge in [-0.3, -0.25) is 4.79 Å². The van der Waals surface area contributed by atoms with Crippen molar-refractivity contribution in [2.45, 2.75) is 25.1 Å². The van der Waals surface area contributed by atoms with Crippen molar-refractivity contribution in [3.8, 4) is 0 Å². The summed E-state index contributed by atoms with van der Waals surface area (Å²) in [6.07, 6.45) is -4.40. The van der Waals surface area contributed by atoms with Crippen molar-refractivity contribution in [2.75, 3.05) is 11.4 Å². The first-order valence-corrected chi connectivity index (χ1v) is 8.12. The normalized spacial score (nSPS) is 22.1. The number of amidine groups is 1. The molecule has 26 heavy (non-hydrogen) atoms. The Balaban J connectivity index is 1.90. The van der Waals surface area contributed by atoms with E-state index in [2.05, 4.69) is 4.99 Å². The summed E-state index contributed by atoms with van der Waals surface area (Å²) >= 11 is 0. The first kappa shape index (κ1) is 16.8. The second-order valence-corrected chi connectivity index (χ2v) is 6.54. The maximum Gasteiger partial charge on any atom is 0.416 e. The molecule has 2 aromatic carbocycles. The summed E-state index contributed by atoms with van der Waals surface area (Å²) in [6, 6.07) is 11.1. The largest absolute Gasteiger partial charge is 0.416 e. The number of benzene rings is 2. The van der Waals surface area contributed by atoms with E-state index in [0.29, 0.717) is 6.54 Å². The number of halogens is 3. The number of aliphatic imine (C=N–C) groups is 1. The summed E-state index contributed by atoms with van der Waals surface area (Å²) in [4.78, 5) is 18.8. The summed E-state index contributed by atoms with van der Waals surface area (Å²) in [5, 5.41) is 10.9. The molecule has 0 aliphatic carbocycles. The quantitative estimate of drug-likeness (QED) is 0.840. The number of carbonyl (C=O) groups excluding carboxylic acids is 1. The Hall–Kier alpha value is -2.67. The van der Waals surface area contributed by atoms with Crippen molar-refractivity contribution in [1.29, 1.82) is 0 Å². The van der Waals surface area contributed by atoms with Crippen LogP contribution >= 0.6 is 0 Å². The van der Waals surface area contributed by atoms with E-state index >= 15 is 0 Å². The van der Waals surface area contributed by atoms with E-state index in [0.717, 1.165) is 11.8 Å². The topological polar surface area (TPSA) is 52.9 Å². The molecular weight excluding hydrogens is 345 g/mol. The van der Waals surface area contributed by atoms with Gasteiger partial charge in [0.05, 0.1) is 11.3 Å². The maximum atomic E-state index is 13.2. The van der Waals surface area contributed by atoms with Crippen LogP contribution in [0.3, 0.4) is 0 Å². The van der Waals surface area contributed by atoms with Crippen LogP contribution in [-0.2, 0) is 6.18 Å². The lowest BCUT2D eigenvalue weighted by atomic mass is 9.86. The van der Waals surface area contributed by atoms with Gasteiger partial charge in [0.15, 0.2) is 5.60 Å². The predicted octanol–water partition coefficient (Wildman–Crippen LogP) is 3.88. The number of hydrogen-bond donors (Lipinski definition) is 1. The molecule has 0 amide bonds. The zero-order valence-corrected chi connectivity index (χ0v) is 13.8. The lowest BCUT2D eigenvalue weighted by Crippen LogP contribution is -2.48. The van der Waals surface area contributed by atoms with Crippen molar-refractivity contribution >= 4 is 23.0 Å². The molecule has 134 valence electrons. The molecule has 4 rings (SSSR count). The third-order valence-corrected chi connectivity index (χ3v) is 4.89. The molecule has 0 bridgehead atoms. The van der Waals surface area contributed by atoms with E-state index in [-0.39, 0.29) is 29.1 Å². The van der Waals surface area contributed by atoms with E-state index in [1.165, 1.54) is 13.0 Å². The smallest absolute Gasteiger partial charge is 0.374 e. The molecule has 1 fully saturated rings. The lowest BCUT2D eigenvalue weighted by Gasteiger charge is -2.30. The molecule has 1 saturated heterocycles. The Morgan fingerprint density at radius 2 is 1.88 bits per heavy atom. The Bertz CT molecular complexity index is 938. The number of aryl methyl sites for hydroxylation is 1. The number of hydrogen-bond acceptors (Lipinski definition) is 4. The minimum absolute atomic E-state index is 0.0247. The molecule has 2 heterocycles. The average molecular weight is 360 g/mol. The van der Waals surface area contributed by atoms with Crippen LogP contribution < -0.4 is 4.90 Å². The molecule has 0 saturated carbocycles. The number of anilines is 1. The number of carbonyl (C=O) groups is 1. The number of Topliss-reactive ketones (excluding diaryl/α,β-unsaturated/α-hetero) is 1. The van der Waals surface area contributed by atoms with Crippen LogP contribution in [0.25, 0.3) is 0 Å². The van der Waals surface area contributed by atoms with Gasteiger partial charge in [0.2, 0.25) is 5.78 Å². The summed E-state index contributed by atoms with van der Waals surface area (Å²) in [7, 11) is 0. The van der Waals surface area contributed by atoms with Crippen molar-refractivity contribution in [3.05, 3.63) is 59.2 Å². The molecule has 0 aromatic heterocycles. The fraction of sp³-hybridized carbons (Fsp3) is 0.263. The first-order chi connectivity index (χ1) is 12.2. The van der Waals surface area contributed by atoms with Gasteiger partial charge in [0.1, 0.15) is 5.84 Å². The Morgan fingerprint density at radius 1 is 1.19 bits per heavy atom. The number of nitrogens with zero attached hydrogens (tertiary/aromatic N) is 2. The van der Waals surface area contributed by atoms with Gasteiger partial charge in [0, 0.05) is 24.2 Å². The van der Waals surface area contributed by atoms with Gasteiger partial charge >= 0.3 is 6.18 Å². The van der Waals surface area contributed by atoms with Crippen molar-refractivity contribution in [3.63, 3.8) is 0 Å². The standard InChI is InChI=1S/C19H15F3N2O2/c1-11-9-13-15(10-14(11)19(20,21)22)23-17-18(26,16(13)25)7-8-24(17)12-5-3-2-4-6-12/h2-6,9-10,26H,7-8H2,1H3/t18-/m1/s1. The Morgan fingerprint density at radius 3 is 2.54 bits per heavy atom. The summed E-state index contributed by atoms with van der Waals surface area (Å²) in [5.74, 6) is -0.522. The zero-order valence-electron chi connectivity index (χ0n) is 13.8. The van der Waals surface area contributed by atoms with Gasteiger partial charge < -0.3 is 10.0 Å². The Kier molecular flexibility index (Phi) is 3.49. The maximum absolute atomic E-state index is 13.2. The summed E-state index contributed by atoms with van der Waals surface area (Å²) in [6.45, 7) is 1.65. The third-order valence-electron chi connectivity index (χ3n) is 4.89. The van der Waals surface area contributed by atoms with Gasteiger partial charge in [0.25, 0.3) is 0 Å². The highest BCUT2D eigenvalue weighted by atomic mass is 19.4. The second kappa shape index (κ2) is 5.41. The molecule has 2 aliphatic heterocycles.